The van der Waals surface area contributed by atoms with E-state index in [1.54, 1.807) is 0 Å². The van der Waals surface area contributed by atoms with Gasteiger partial charge in [0.1, 0.15) is 0 Å². The normalized spacial score (nSPS) is 14.6. The number of aryl methyl sites for hydroxylation is 2. The Morgan fingerprint density at radius 2 is 1.84 bits per heavy atom. The highest BCUT2D eigenvalue weighted by atomic mass is 35.5. The Kier molecular flexibility index (Phi) is 6.44. The second kappa shape index (κ2) is 8.77. The third kappa shape index (κ3) is 5.02. The van der Waals surface area contributed by atoms with E-state index in [1.165, 1.54) is 54.1 Å². The number of hydrogen-bond donors (Lipinski definition) is 1. The van der Waals surface area contributed by atoms with E-state index < -0.39 is 0 Å². The number of hydrogen-bond acceptors (Lipinski definition) is 2. The van der Waals surface area contributed by atoms with Gasteiger partial charge in [-0.05, 0) is 73.1 Å². The molecular weight excluding hydrogens is 350 g/mol. The van der Waals surface area contributed by atoms with Crippen LogP contribution in [0.3, 0.4) is 0 Å². The maximum Gasteiger partial charge on any atom is 0.230 e. The fourth-order valence-electron chi connectivity index (χ4n) is 3.31. The molecule has 1 aliphatic carbocycles. The van der Waals surface area contributed by atoms with Crippen LogP contribution in [-0.4, -0.2) is 11.7 Å². The van der Waals surface area contributed by atoms with Crippen molar-refractivity contribution in [1.82, 2.24) is 5.32 Å². The third-order valence-electron chi connectivity index (χ3n) is 4.70. The first-order valence-electron chi connectivity index (χ1n) is 8.95. The van der Waals surface area contributed by atoms with E-state index in [-0.39, 0.29) is 11.9 Å². The smallest absolute Gasteiger partial charge is 0.230 e. The molecule has 0 spiro atoms. The van der Waals surface area contributed by atoms with Gasteiger partial charge < -0.3 is 5.32 Å². The summed E-state index contributed by atoms with van der Waals surface area (Å²) in [5.74, 6) is 0.493. The van der Waals surface area contributed by atoms with Crippen molar-refractivity contribution >= 4 is 29.3 Å². The number of thioether (sulfide) groups is 1. The summed E-state index contributed by atoms with van der Waals surface area (Å²) in [6, 6.07) is 14.4. The summed E-state index contributed by atoms with van der Waals surface area (Å²) < 4.78 is 0. The molecule has 0 heterocycles. The Hall–Kier alpha value is -1.45. The minimum Gasteiger partial charge on any atom is -0.349 e. The van der Waals surface area contributed by atoms with Crippen molar-refractivity contribution in [3.63, 3.8) is 0 Å². The van der Waals surface area contributed by atoms with Crippen LogP contribution in [0.2, 0.25) is 5.02 Å². The predicted octanol–water partition coefficient (Wildman–Crippen LogP) is 5.58. The summed E-state index contributed by atoms with van der Waals surface area (Å²) >= 11 is 7.43. The van der Waals surface area contributed by atoms with E-state index >= 15 is 0 Å². The van der Waals surface area contributed by atoms with Gasteiger partial charge in [0.05, 0.1) is 11.8 Å². The number of rotatable bonds is 6. The first-order chi connectivity index (χ1) is 12.2. The van der Waals surface area contributed by atoms with Crippen molar-refractivity contribution in [2.45, 2.75) is 50.0 Å². The molecule has 1 atom stereocenters. The lowest BCUT2D eigenvalue weighted by Crippen LogP contribution is -2.29. The Labute approximate surface area is 159 Å². The number of amides is 1. The number of carbonyl (C=O) groups excluding carboxylic acids is 1. The van der Waals surface area contributed by atoms with Gasteiger partial charge in [-0.15, -0.1) is 11.8 Å². The third-order valence-corrected chi connectivity index (χ3v) is 5.97. The van der Waals surface area contributed by atoms with Crippen molar-refractivity contribution in [3.8, 4) is 0 Å². The first-order valence-corrected chi connectivity index (χ1v) is 10.3. The highest BCUT2D eigenvalue weighted by molar-refractivity contribution is 8.00. The molecule has 1 N–H and O–H groups in total. The average molecular weight is 374 g/mol. The van der Waals surface area contributed by atoms with Crippen molar-refractivity contribution in [1.29, 1.82) is 0 Å². The van der Waals surface area contributed by atoms with E-state index in [1.807, 2.05) is 24.3 Å². The van der Waals surface area contributed by atoms with Gasteiger partial charge in [-0.2, -0.15) is 0 Å². The molecule has 3 rings (SSSR count). The van der Waals surface area contributed by atoms with Crippen LogP contribution in [0.4, 0.5) is 0 Å². The Balaban J connectivity index is 1.59. The summed E-state index contributed by atoms with van der Waals surface area (Å²) in [5, 5.41) is 3.90. The lowest BCUT2D eigenvalue weighted by molar-refractivity contribution is -0.119. The molecule has 0 radical (unpaired) electrons. The average Bonchev–Trinajstić information content (AvgIpc) is 2.65. The molecule has 0 unspecified atom stereocenters. The molecule has 2 aromatic rings. The second-order valence-electron chi connectivity index (χ2n) is 6.51. The summed E-state index contributed by atoms with van der Waals surface area (Å²) in [4.78, 5) is 13.4. The lowest BCUT2D eigenvalue weighted by Gasteiger charge is -2.21. The van der Waals surface area contributed by atoms with Crippen LogP contribution in [0.5, 0.6) is 0 Å². The van der Waals surface area contributed by atoms with Crippen LogP contribution in [-0.2, 0) is 17.6 Å². The molecule has 0 fully saturated rings. The molecule has 0 bridgehead atoms. The molecule has 4 heteroatoms. The lowest BCUT2D eigenvalue weighted by atomic mass is 9.89. The van der Waals surface area contributed by atoms with Gasteiger partial charge in [0.2, 0.25) is 5.91 Å². The van der Waals surface area contributed by atoms with Crippen molar-refractivity contribution in [2.24, 2.45) is 0 Å². The van der Waals surface area contributed by atoms with Crippen LogP contribution in [0, 0.1) is 0 Å². The second-order valence-corrected chi connectivity index (χ2v) is 7.99. The monoisotopic (exact) mass is 373 g/mol. The molecule has 25 heavy (non-hydrogen) atoms. The molecular formula is C21H24ClNOS. The minimum atomic E-state index is 0.0736. The minimum absolute atomic E-state index is 0.0736. The van der Waals surface area contributed by atoms with Crippen LogP contribution in [0.15, 0.2) is 47.4 Å². The van der Waals surface area contributed by atoms with E-state index in [0.29, 0.717) is 10.8 Å². The zero-order chi connectivity index (χ0) is 17.6. The number of benzene rings is 2. The van der Waals surface area contributed by atoms with Gasteiger partial charge in [0.25, 0.3) is 0 Å². The van der Waals surface area contributed by atoms with Gasteiger partial charge in [0, 0.05) is 9.92 Å². The summed E-state index contributed by atoms with van der Waals surface area (Å²) in [7, 11) is 0. The molecule has 0 aliphatic heterocycles. The maximum absolute atomic E-state index is 12.4. The maximum atomic E-state index is 12.4. The largest absolute Gasteiger partial charge is 0.349 e. The molecule has 2 aromatic carbocycles. The fourth-order valence-corrected chi connectivity index (χ4v) is 4.14. The highest BCUT2D eigenvalue weighted by Gasteiger charge is 2.16. The Morgan fingerprint density at radius 1 is 1.12 bits per heavy atom. The van der Waals surface area contributed by atoms with Crippen molar-refractivity contribution < 1.29 is 4.79 Å². The van der Waals surface area contributed by atoms with Gasteiger partial charge in [-0.3, -0.25) is 4.79 Å². The SMILES string of the molecule is CC[C@@H](NC(=O)CSc1ccc(Cl)cc1)c1ccc2c(c1)CCCC2. The summed E-state index contributed by atoms with van der Waals surface area (Å²) in [5.41, 5.74) is 4.18. The molecule has 0 saturated carbocycles. The fraction of sp³-hybridized carbons (Fsp3) is 0.381. The van der Waals surface area contributed by atoms with Crippen LogP contribution in [0.1, 0.15) is 48.9 Å². The highest BCUT2D eigenvalue weighted by Crippen LogP contribution is 2.26. The van der Waals surface area contributed by atoms with E-state index in [0.717, 1.165) is 11.3 Å². The zero-order valence-electron chi connectivity index (χ0n) is 14.6. The summed E-state index contributed by atoms with van der Waals surface area (Å²) in [6.07, 6.45) is 5.83. The summed E-state index contributed by atoms with van der Waals surface area (Å²) in [6.45, 7) is 2.12. The Morgan fingerprint density at radius 3 is 2.56 bits per heavy atom. The molecule has 1 amide bonds. The molecule has 132 valence electrons. The molecule has 0 aromatic heterocycles. The molecule has 0 saturated heterocycles. The van der Waals surface area contributed by atoms with E-state index in [2.05, 4.69) is 30.4 Å². The van der Waals surface area contributed by atoms with Crippen LogP contribution < -0.4 is 5.32 Å². The number of fused-ring (bicyclic) bond motifs is 1. The predicted molar refractivity (Wildman–Crippen MR) is 106 cm³/mol. The van der Waals surface area contributed by atoms with E-state index in [9.17, 15) is 4.79 Å². The standard InChI is InChI=1S/C21H24ClNOS/c1-2-20(17-8-7-15-5-3-4-6-16(15)13-17)23-21(24)14-25-19-11-9-18(22)10-12-19/h7-13,20H,2-6,14H2,1H3,(H,23,24)/t20-/m1/s1. The first kappa shape index (κ1) is 18.3. The Bertz CT molecular complexity index is 729. The van der Waals surface area contributed by atoms with Gasteiger partial charge in [0.15, 0.2) is 0 Å². The quantitative estimate of drug-likeness (QED) is 0.670. The van der Waals surface area contributed by atoms with Crippen molar-refractivity contribution in [3.05, 3.63) is 64.2 Å². The van der Waals surface area contributed by atoms with Gasteiger partial charge >= 0.3 is 0 Å². The van der Waals surface area contributed by atoms with Crippen LogP contribution >= 0.6 is 23.4 Å². The molecule has 1 aliphatic rings. The molecule has 2 nitrogen and oxygen atoms in total. The topological polar surface area (TPSA) is 29.1 Å². The van der Waals surface area contributed by atoms with Gasteiger partial charge in [-0.1, -0.05) is 36.7 Å². The zero-order valence-corrected chi connectivity index (χ0v) is 16.1. The van der Waals surface area contributed by atoms with Gasteiger partial charge in [-0.25, -0.2) is 0 Å². The number of halogens is 1. The number of nitrogens with one attached hydrogen (secondary N) is 1. The van der Waals surface area contributed by atoms with Crippen LogP contribution in [0.25, 0.3) is 0 Å². The number of carbonyl (C=O) groups is 1. The van der Waals surface area contributed by atoms with Crippen molar-refractivity contribution in [2.75, 3.05) is 5.75 Å². The van der Waals surface area contributed by atoms with E-state index in [4.69, 9.17) is 11.6 Å².